The summed E-state index contributed by atoms with van der Waals surface area (Å²) in [5.41, 5.74) is 0.959. The summed E-state index contributed by atoms with van der Waals surface area (Å²) in [6.07, 6.45) is 1.95. The van der Waals surface area contributed by atoms with Gasteiger partial charge in [0.05, 0.1) is 13.2 Å². The first-order chi connectivity index (χ1) is 9.60. The van der Waals surface area contributed by atoms with E-state index < -0.39 is 6.10 Å². The van der Waals surface area contributed by atoms with Crippen LogP contribution in [-0.2, 0) is 0 Å². The molecule has 20 heavy (non-hydrogen) atoms. The number of benzene rings is 1. The third kappa shape index (κ3) is 3.95. The third-order valence-corrected chi connectivity index (χ3v) is 4.22. The summed E-state index contributed by atoms with van der Waals surface area (Å²) < 4.78 is 5.14. The molecule has 0 aromatic heterocycles. The van der Waals surface area contributed by atoms with Gasteiger partial charge in [0.25, 0.3) is 0 Å². The van der Waals surface area contributed by atoms with Crippen LogP contribution in [0.2, 0.25) is 0 Å². The maximum atomic E-state index is 10.3. The quantitative estimate of drug-likeness (QED) is 0.890. The molecule has 4 heteroatoms. The highest BCUT2D eigenvalue weighted by Crippen LogP contribution is 2.21. The molecule has 1 saturated heterocycles. The predicted octanol–water partition coefficient (Wildman–Crippen LogP) is 1.75. The molecule has 4 nitrogen and oxygen atoms in total. The summed E-state index contributed by atoms with van der Waals surface area (Å²) in [6, 6.07) is 8.36. The minimum Gasteiger partial charge on any atom is -0.497 e. The van der Waals surface area contributed by atoms with E-state index in [-0.39, 0.29) is 0 Å². The second-order valence-corrected chi connectivity index (χ2v) is 5.78. The van der Waals surface area contributed by atoms with Gasteiger partial charge in [0.15, 0.2) is 0 Å². The van der Waals surface area contributed by atoms with Crippen molar-refractivity contribution >= 4 is 0 Å². The van der Waals surface area contributed by atoms with Crippen LogP contribution >= 0.6 is 0 Å². The van der Waals surface area contributed by atoms with E-state index in [9.17, 15) is 5.11 Å². The van der Waals surface area contributed by atoms with Gasteiger partial charge >= 0.3 is 0 Å². The van der Waals surface area contributed by atoms with E-state index in [1.54, 1.807) is 7.11 Å². The zero-order valence-corrected chi connectivity index (χ0v) is 12.7. The van der Waals surface area contributed by atoms with Crippen molar-refractivity contribution in [1.82, 2.24) is 9.80 Å². The highest BCUT2D eigenvalue weighted by atomic mass is 16.5. The van der Waals surface area contributed by atoms with E-state index in [0.29, 0.717) is 12.6 Å². The lowest BCUT2D eigenvalue weighted by molar-refractivity contribution is 0.0798. The Kier molecular flexibility index (Phi) is 5.40. The number of hydrogen-bond acceptors (Lipinski definition) is 4. The molecule has 0 bridgehead atoms. The van der Waals surface area contributed by atoms with Crippen LogP contribution in [-0.4, -0.2) is 61.8 Å². The van der Waals surface area contributed by atoms with Crippen LogP contribution in [0.15, 0.2) is 24.3 Å². The van der Waals surface area contributed by atoms with Gasteiger partial charge < -0.3 is 19.6 Å². The van der Waals surface area contributed by atoms with Gasteiger partial charge in [0, 0.05) is 12.6 Å². The zero-order chi connectivity index (χ0) is 14.5. The third-order valence-electron chi connectivity index (χ3n) is 4.22. The number of methoxy groups -OCH3 is 1. The summed E-state index contributed by atoms with van der Waals surface area (Å²) in [5, 5.41) is 10.3. The van der Waals surface area contributed by atoms with Gasteiger partial charge in [0.1, 0.15) is 5.75 Å². The molecule has 1 N–H and O–H groups in total. The van der Waals surface area contributed by atoms with Crippen LogP contribution < -0.4 is 4.74 Å². The Morgan fingerprint density at radius 3 is 2.35 bits per heavy atom. The van der Waals surface area contributed by atoms with Crippen molar-refractivity contribution in [3.63, 3.8) is 0 Å². The fraction of sp³-hybridized carbons (Fsp3) is 0.625. The number of rotatable bonds is 5. The Bertz CT molecular complexity index is 397. The number of β-amino-alcohol motifs (C(OH)–C–C–N with tert-alkyl or cyclic N) is 1. The van der Waals surface area contributed by atoms with Crippen molar-refractivity contribution in [2.45, 2.75) is 25.0 Å². The predicted molar refractivity (Wildman–Crippen MR) is 81.1 cm³/mol. The maximum absolute atomic E-state index is 10.3. The molecule has 1 unspecified atom stereocenters. The van der Waals surface area contributed by atoms with Crippen LogP contribution in [0, 0.1) is 0 Å². The second-order valence-electron chi connectivity index (χ2n) is 5.78. The van der Waals surface area contributed by atoms with Crippen molar-refractivity contribution in [2.24, 2.45) is 0 Å². The van der Waals surface area contributed by atoms with Crippen LogP contribution in [0.25, 0.3) is 0 Å². The summed E-state index contributed by atoms with van der Waals surface area (Å²) in [6.45, 7) is 2.85. The van der Waals surface area contributed by atoms with Crippen molar-refractivity contribution < 1.29 is 9.84 Å². The largest absolute Gasteiger partial charge is 0.497 e. The summed E-state index contributed by atoms with van der Waals surface area (Å²) >= 11 is 0. The van der Waals surface area contributed by atoms with Gasteiger partial charge in [-0.25, -0.2) is 0 Å². The van der Waals surface area contributed by atoms with Crippen LogP contribution in [0.3, 0.4) is 0 Å². The van der Waals surface area contributed by atoms with E-state index in [2.05, 4.69) is 23.9 Å². The molecule has 1 fully saturated rings. The normalized spacial score (nSPS) is 19.2. The molecular weight excluding hydrogens is 252 g/mol. The van der Waals surface area contributed by atoms with Gasteiger partial charge in [-0.2, -0.15) is 0 Å². The van der Waals surface area contributed by atoms with Gasteiger partial charge in [-0.1, -0.05) is 12.1 Å². The molecule has 1 aliphatic rings. The Morgan fingerprint density at radius 2 is 1.85 bits per heavy atom. The molecule has 0 radical (unpaired) electrons. The fourth-order valence-corrected chi connectivity index (χ4v) is 2.79. The molecule has 0 amide bonds. The average molecular weight is 278 g/mol. The minimum atomic E-state index is -0.420. The van der Waals surface area contributed by atoms with Gasteiger partial charge in [0.2, 0.25) is 0 Å². The smallest absolute Gasteiger partial charge is 0.118 e. The Morgan fingerprint density at radius 1 is 1.25 bits per heavy atom. The first-order valence-corrected chi connectivity index (χ1v) is 7.31. The standard InChI is InChI=1S/C16H26N2O2/c1-17(2)14-8-10-18(11-9-14)12-16(19)13-4-6-15(20-3)7-5-13/h4-7,14,16,19H,8-12H2,1-3H3. The van der Waals surface area contributed by atoms with Crippen LogP contribution in [0.4, 0.5) is 0 Å². The van der Waals surface area contributed by atoms with E-state index in [0.717, 1.165) is 24.4 Å². The van der Waals surface area contributed by atoms with E-state index >= 15 is 0 Å². The first-order valence-electron chi connectivity index (χ1n) is 7.31. The van der Waals surface area contributed by atoms with Gasteiger partial charge in [-0.3, -0.25) is 0 Å². The second kappa shape index (κ2) is 7.07. The molecular formula is C16H26N2O2. The van der Waals surface area contributed by atoms with E-state index in [1.165, 1.54) is 12.8 Å². The molecule has 0 spiro atoms. The molecule has 1 atom stereocenters. The molecule has 0 aliphatic carbocycles. The van der Waals surface area contributed by atoms with E-state index in [4.69, 9.17) is 4.74 Å². The number of hydrogen-bond donors (Lipinski definition) is 1. The monoisotopic (exact) mass is 278 g/mol. The summed E-state index contributed by atoms with van der Waals surface area (Å²) in [7, 11) is 5.94. The molecule has 0 saturated carbocycles. The molecule has 1 aromatic carbocycles. The topological polar surface area (TPSA) is 35.9 Å². The fourth-order valence-electron chi connectivity index (χ4n) is 2.79. The molecule has 112 valence electrons. The lowest BCUT2D eigenvalue weighted by Gasteiger charge is -2.36. The van der Waals surface area contributed by atoms with Crippen molar-refractivity contribution in [2.75, 3.05) is 40.8 Å². The van der Waals surface area contributed by atoms with Crippen molar-refractivity contribution in [3.8, 4) is 5.75 Å². The number of aliphatic hydroxyl groups is 1. The zero-order valence-electron chi connectivity index (χ0n) is 12.7. The summed E-state index contributed by atoms with van der Waals surface area (Å²) in [5.74, 6) is 0.827. The number of aliphatic hydroxyl groups excluding tert-OH is 1. The maximum Gasteiger partial charge on any atom is 0.118 e. The number of nitrogens with zero attached hydrogens (tertiary/aromatic N) is 2. The molecule has 2 rings (SSSR count). The Balaban J connectivity index is 1.84. The lowest BCUT2D eigenvalue weighted by Crippen LogP contribution is -2.43. The highest BCUT2D eigenvalue weighted by molar-refractivity contribution is 5.28. The Labute approximate surface area is 122 Å². The lowest BCUT2D eigenvalue weighted by atomic mass is 10.0. The average Bonchev–Trinajstić information content (AvgIpc) is 2.48. The van der Waals surface area contributed by atoms with Gasteiger partial charge in [-0.15, -0.1) is 0 Å². The molecule has 1 heterocycles. The summed E-state index contributed by atoms with van der Waals surface area (Å²) in [4.78, 5) is 4.66. The van der Waals surface area contributed by atoms with Crippen molar-refractivity contribution in [3.05, 3.63) is 29.8 Å². The Hall–Kier alpha value is -1.10. The number of ether oxygens (including phenoxy) is 1. The van der Waals surface area contributed by atoms with Crippen LogP contribution in [0.1, 0.15) is 24.5 Å². The highest BCUT2D eigenvalue weighted by Gasteiger charge is 2.22. The minimum absolute atomic E-state index is 0.420. The first kappa shape index (κ1) is 15.3. The van der Waals surface area contributed by atoms with E-state index in [1.807, 2.05) is 24.3 Å². The van der Waals surface area contributed by atoms with Crippen LogP contribution in [0.5, 0.6) is 5.75 Å². The van der Waals surface area contributed by atoms with Gasteiger partial charge in [-0.05, 0) is 57.7 Å². The number of likely N-dealkylation sites (tertiary alicyclic amines) is 1. The SMILES string of the molecule is COc1ccc(C(O)CN2CCC(N(C)C)CC2)cc1. The number of piperidine rings is 1. The molecule has 1 aliphatic heterocycles. The molecule has 1 aromatic rings. The van der Waals surface area contributed by atoms with Crippen molar-refractivity contribution in [1.29, 1.82) is 0 Å².